The third-order valence-corrected chi connectivity index (χ3v) is 4.24. The summed E-state index contributed by atoms with van der Waals surface area (Å²) in [6, 6.07) is 0.431. The predicted octanol–water partition coefficient (Wildman–Crippen LogP) is 1.57. The molecule has 30 heavy (non-hydrogen) atoms. The van der Waals surface area contributed by atoms with Gasteiger partial charge in [-0.05, 0) is 11.8 Å². The second kappa shape index (κ2) is 10.3. The first-order valence-corrected chi connectivity index (χ1v) is 9.02. The first-order chi connectivity index (χ1) is 13.9. The molecule has 0 unspecified atom stereocenters. The fourth-order valence-electron chi connectivity index (χ4n) is 2.56. The standard InChI is InChI=1S/C18H24N4O8/c1-9(2)14(17(24)20-15(10(3)4)18(25)30-5)19-16(23)11-6-12(21(26)27)8-13(7-11)22(28)29/h6-10,14-15H,1-5H3,(H,19,23)(H,20,24)/t14-,15-/m0/s1. The second-order valence-electron chi connectivity index (χ2n) is 7.20. The van der Waals surface area contributed by atoms with Crippen molar-refractivity contribution >= 4 is 29.2 Å². The molecule has 0 aliphatic heterocycles. The zero-order valence-corrected chi connectivity index (χ0v) is 17.2. The molecular weight excluding hydrogens is 400 g/mol. The minimum atomic E-state index is -1.11. The molecule has 0 heterocycles. The van der Waals surface area contributed by atoms with E-state index < -0.39 is 57.0 Å². The largest absolute Gasteiger partial charge is 0.467 e. The average molecular weight is 424 g/mol. The van der Waals surface area contributed by atoms with Crippen LogP contribution in [-0.2, 0) is 14.3 Å². The molecule has 0 saturated heterocycles. The van der Waals surface area contributed by atoms with Crippen molar-refractivity contribution in [3.8, 4) is 0 Å². The van der Waals surface area contributed by atoms with Crippen molar-refractivity contribution in [1.82, 2.24) is 10.6 Å². The number of amides is 2. The first kappa shape index (κ1) is 24.5. The third-order valence-electron chi connectivity index (χ3n) is 4.24. The lowest BCUT2D eigenvalue weighted by Crippen LogP contribution is -2.55. The van der Waals surface area contributed by atoms with Crippen LogP contribution in [0.25, 0.3) is 0 Å². The van der Waals surface area contributed by atoms with Gasteiger partial charge in [-0.25, -0.2) is 4.79 Å². The van der Waals surface area contributed by atoms with Gasteiger partial charge in [0.1, 0.15) is 12.1 Å². The smallest absolute Gasteiger partial charge is 0.328 e. The van der Waals surface area contributed by atoms with Crippen LogP contribution in [0.15, 0.2) is 18.2 Å². The summed E-state index contributed by atoms with van der Waals surface area (Å²) < 4.78 is 4.67. The van der Waals surface area contributed by atoms with Crippen molar-refractivity contribution < 1.29 is 29.0 Å². The van der Waals surface area contributed by atoms with E-state index in [4.69, 9.17) is 0 Å². The Kier molecular flexibility index (Phi) is 8.38. The Morgan fingerprint density at radius 2 is 1.33 bits per heavy atom. The van der Waals surface area contributed by atoms with Crippen LogP contribution in [0, 0.1) is 32.1 Å². The van der Waals surface area contributed by atoms with Gasteiger partial charge in [0, 0.05) is 12.1 Å². The zero-order chi connectivity index (χ0) is 23.2. The highest BCUT2D eigenvalue weighted by Crippen LogP contribution is 2.23. The molecule has 2 N–H and O–H groups in total. The summed E-state index contributed by atoms with van der Waals surface area (Å²) in [6.07, 6.45) is 0. The van der Waals surface area contributed by atoms with E-state index in [1.54, 1.807) is 27.7 Å². The molecule has 0 aromatic heterocycles. The van der Waals surface area contributed by atoms with Crippen LogP contribution in [0.3, 0.4) is 0 Å². The maximum atomic E-state index is 12.7. The Balaban J connectivity index is 3.15. The summed E-state index contributed by atoms with van der Waals surface area (Å²) in [5.41, 5.74) is -1.61. The van der Waals surface area contributed by atoms with Gasteiger partial charge in [0.25, 0.3) is 17.3 Å². The number of rotatable bonds is 9. The molecule has 0 fully saturated rings. The van der Waals surface area contributed by atoms with Crippen LogP contribution < -0.4 is 10.6 Å². The molecule has 164 valence electrons. The Labute approximate surface area is 172 Å². The van der Waals surface area contributed by atoms with Crippen LogP contribution in [-0.4, -0.2) is 46.8 Å². The van der Waals surface area contributed by atoms with E-state index in [-0.39, 0.29) is 11.5 Å². The zero-order valence-electron chi connectivity index (χ0n) is 17.2. The molecule has 0 aliphatic rings. The normalized spacial score (nSPS) is 12.8. The van der Waals surface area contributed by atoms with Gasteiger partial charge in [-0.3, -0.25) is 29.8 Å². The number of ether oxygens (including phenoxy) is 1. The van der Waals surface area contributed by atoms with Crippen molar-refractivity contribution in [2.75, 3.05) is 7.11 Å². The quantitative estimate of drug-likeness (QED) is 0.341. The highest BCUT2D eigenvalue weighted by atomic mass is 16.6. The molecule has 2 amide bonds. The number of nitro benzene ring substituents is 2. The van der Waals surface area contributed by atoms with Crippen molar-refractivity contribution in [2.24, 2.45) is 11.8 Å². The SMILES string of the molecule is COC(=O)[C@@H](NC(=O)[C@@H](NC(=O)c1cc([N+](=O)[O-])cc([N+](=O)[O-])c1)C(C)C)C(C)C. The number of carbonyl (C=O) groups excluding carboxylic acids is 3. The number of nitrogens with one attached hydrogen (secondary N) is 2. The molecule has 1 aromatic rings. The molecule has 12 nitrogen and oxygen atoms in total. The van der Waals surface area contributed by atoms with E-state index in [1.165, 1.54) is 7.11 Å². The van der Waals surface area contributed by atoms with Gasteiger partial charge in [-0.15, -0.1) is 0 Å². The first-order valence-electron chi connectivity index (χ1n) is 9.02. The monoisotopic (exact) mass is 424 g/mol. The number of hydrogen-bond donors (Lipinski definition) is 2. The van der Waals surface area contributed by atoms with Gasteiger partial charge >= 0.3 is 5.97 Å². The molecule has 0 aliphatic carbocycles. The van der Waals surface area contributed by atoms with Gasteiger partial charge in [0.15, 0.2) is 0 Å². The van der Waals surface area contributed by atoms with Crippen molar-refractivity contribution in [3.63, 3.8) is 0 Å². The maximum absolute atomic E-state index is 12.7. The topological polar surface area (TPSA) is 171 Å². The summed E-state index contributed by atoms with van der Waals surface area (Å²) in [6.45, 7) is 6.69. The van der Waals surface area contributed by atoms with Gasteiger partial charge in [0.05, 0.1) is 28.6 Å². The van der Waals surface area contributed by atoms with Crippen molar-refractivity contribution in [2.45, 2.75) is 39.8 Å². The van der Waals surface area contributed by atoms with Crippen molar-refractivity contribution in [3.05, 3.63) is 44.0 Å². The highest BCUT2D eigenvalue weighted by Gasteiger charge is 2.31. The fourth-order valence-corrected chi connectivity index (χ4v) is 2.56. The Bertz CT molecular complexity index is 820. The summed E-state index contributed by atoms with van der Waals surface area (Å²) in [7, 11) is 1.18. The Hall–Kier alpha value is -3.57. The molecular formula is C18H24N4O8. The lowest BCUT2D eigenvalue weighted by Gasteiger charge is -2.26. The number of hydrogen-bond acceptors (Lipinski definition) is 8. The highest BCUT2D eigenvalue weighted by molar-refractivity contribution is 5.99. The van der Waals surface area contributed by atoms with Gasteiger partial charge in [-0.1, -0.05) is 27.7 Å². The van der Waals surface area contributed by atoms with Gasteiger partial charge < -0.3 is 15.4 Å². The van der Waals surface area contributed by atoms with Crippen LogP contribution in [0.5, 0.6) is 0 Å². The van der Waals surface area contributed by atoms with E-state index in [9.17, 15) is 34.6 Å². The number of nitrogens with zero attached hydrogens (tertiary/aromatic N) is 2. The lowest BCUT2D eigenvalue weighted by atomic mass is 9.99. The van der Waals surface area contributed by atoms with Crippen LogP contribution in [0.1, 0.15) is 38.1 Å². The fraction of sp³-hybridized carbons (Fsp3) is 0.500. The maximum Gasteiger partial charge on any atom is 0.328 e. The van der Waals surface area contributed by atoms with Gasteiger partial charge in [0.2, 0.25) is 5.91 Å². The third kappa shape index (κ3) is 6.22. The molecule has 2 atom stereocenters. The molecule has 1 rings (SSSR count). The second-order valence-corrected chi connectivity index (χ2v) is 7.20. The number of nitro groups is 2. The van der Waals surface area contributed by atoms with E-state index in [0.29, 0.717) is 0 Å². The van der Waals surface area contributed by atoms with E-state index in [0.717, 1.165) is 18.2 Å². The molecule has 0 radical (unpaired) electrons. The van der Waals surface area contributed by atoms with Crippen LogP contribution in [0.2, 0.25) is 0 Å². The van der Waals surface area contributed by atoms with Crippen LogP contribution in [0.4, 0.5) is 11.4 Å². The van der Waals surface area contributed by atoms with E-state index in [2.05, 4.69) is 15.4 Å². The minimum Gasteiger partial charge on any atom is -0.467 e. The number of esters is 1. The Morgan fingerprint density at radius 3 is 1.70 bits per heavy atom. The summed E-state index contributed by atoms with van der Waals surface area (Å²) in [5, 5.41) is 27.0. The molecule has 12 heteroatoms. The van der Waals surface area contributed by atoms with Crippen molar-refractivity contribution in [1.29, 1.82) is 0 Å². The summed E-state index contributed by atoms with van der Waals surface area (Å²) >= 11 is 0. The van der Waals surface area contributed by atoms with E-state index in [1.807, 2.05) is 0 Å². The number of benzene rings is 1. The van der Waals surface area contributed by atoms with Gasteiger partial charge in [-0.2, -0.15) is 0 Å². The predicted molar refractivity (Wildman–Crippen MR) is 105 cm³/mol. The lowest BCUT2D eigenvalue weighted by molar-refractivity contribution is -0.394. The minimum absolute atomic E-state index is 0.288. The molecule has 0 spiro atoms. The van der Waals surface area contributed by atoms with E-state index >= 15 is 0 Å². The number of methoxy groups -OCH3 is 1. The molecule has 0 saturated carbocycles. The average Bonchev–Trinajstić information content (AvgIpc) is 2.68. The molecule has 0 bridgehead atoms. The summed E-state index contributed by atoms with van der Waals surface area (Å²) in [4.78, 5) is 57.5. The number of carbonyl (C=O) groups is 3. The Morgan fingerprint density at radius 1 is 0.867 bits per heavy atom. The summed E-state index contributed by atoms with van der Waals surface area (Å²) in [5.74, 6) is -2.93. The number of non-ortho nitro benzene ring substituents is 2. The van der Waals surface area contributed by atoms with Crippen LogP contribution >= 0.6 is 0 Å². The molecule has 1 aromatic carbocycles.